The van der Waals surface area contributed by atoms with Crippen LogP contribution in [0.3, 0.4) is 0 Å². The van der Waals surface area contributed by atoms with E-state index in [4.69, 9.17) is 14.0 Å². The van der Waals surface area contributed by atoms with Crippen LogP contribution in [0, 0.1) is 0 Å². The molecular formula is C20H19N3O4. The molecule has 0 aliphatic carbocycles. The Kier molecular flexibility index (Phi) is 4.84. The first-order valence-electron chi connectivity index (χ1n) is 8.68. The molecule has 4 rings (SSSR count). The maximum absolute atomic E-state index is 12.8. The number of morpholine rings is 1. The van der Waals surface area contributed by atoms with Crippen LogP contribution in [0.1, 0.15) is 22.3 Å². The van der Waals surface area contributed by atoms with E-state index in [2.05, 4.69) is 10.1 Å². The topological polar surface area (TPSA) is 77.7 Å². The van der Waals surface area contributed by atoms with Gasteiger partial charge in [0.15, 0.2) is 0 Å². The van der Waals surface area contributed by atoms with Crippen molar-refractivity contribution in [1.82, 2.24) is 15.0 Å². The predicted molar refractivity (Wildman–Crippen MR) is 97.3 cm³/mol. The molecule has 0 bridgehead atoms. The maximum Gasteiger partial charge on any atom is 0.258 e. The molecule has 2 aromatic carbocycles. The van der Waals surface area contributed by atoms with Gasteiger partial charge in [-0.05, 0) is 30.3 Å². The number of nitrogens with zero attached hydrogens (tertiary/aromatic N) is 3. The molecule has 27 heavy (non-hydrogen) atoms. The summed E-state index contributed by atoms with van der Waals surface area (Å²) in [5.41, 5.74) is 1.42. The molecule has 0 saturated carbocycles. The Morgan fingerprint density at radius 2 is 2.04 bits per heavy atom. The second-order valence-electron chi connectivity index (χ2n) is 6.17. The van der Waals surface area contributed by atoms with Gasteiger partial charge in [0.05, 0.1) is 20.3 Å². The van der Waals surface area contributed by atoms with E-state index >= 15 is 0 Å². The van der Waals surface area contributed by atoms with Crippen LogP contribution in [-0.4, -0.2) is 47.8 Å². The monoisotopic (exact) mass is 365 g/mol. The molecule has 7 nitrogen and oxygen atoms in total. The fraction of sp³-hybridized carbons (Fsp3) is 0.250. The van der Waals surface area contributed by atoms with Gasteiger partial charge in [-0.1, -0.05) is 29.4 Å². The molecule has 1 fully saturated rings. The number of carbonyl (C=O) groups excluding carboxylic acids is 1. The summed E-state index contributed by atoms with van der Waals surface area (Å²) in [7, 11) is 1.58. The highest BCUT2D eigenvalue weighted by molar-refractivity contribution is 5.94. The van der Waals surface area contributed by atoms with E-state index in [0.29, 0.717) is 42.7 Å². The number of carbonyl (C=O) groups is 1. The summed E-state index contributed by atoms with van der Waals surface area (Å²) in [5, 5.41) is 4.04. The van der Waals surface area contributed by atoms with E-state index < -0.39 is 6.10 Å². The summed E-state index contributed by atoms with van der Waals surface area (Å²) in [6.45, 7) is 1.29. The van der Waals surface area contributed by atoms with Gasteiger partial charge < -0.3 is 18.9 Å². The van der Waals surface area contributed by atoms with Crippen molar-refractivity contribution < 1.29 is 18.8 Å². The van der Waals surface area contributed by atoms with Crippen molar-refractivity contribution in [2.75, 3.05) is 26.8 Å². The Bertz CT molecular complexity index is 926. The second kappa shape index (κ2) is 7.59. The molecule has 0 radical (unpaired) electrons. The summed E-state index contributed by atoms with van der Waals surface area (Å²) >= 11 is 0. The van der Waals surface area contributed by atoms with Gasteiger partial charge in [0.1, 0.15) is 11.9 Å². The van der Waals surface area contributed by atoms with Crippen LogP contribution in [0.15, 0.2) is 59.1 Å². The third-order valence-electron chi connectivity index (χ3n) is 4.42. The molecule has 138 valence electrons. The van der Waals surface area contributed by atoms with Crippen molar-refractivity contribution >= 4 is 5.91 Å². The first-order chi connectivity index (χ1) is 13.2. The number of aromatic nitrogens is 2. The van der Waals surface area contributed by atoms with Crippen LogP contribution in [0.2, 0.25) is 0 Å². The quantitative estimate of drug-likeness (QED) is 0.707. The van der Waals surface area contributed by atoms with Crippen molar-refractivity contribution in [2.45, 2.75) is 6.10 Å². The highest BCUT2D eigenvalue weighted by atomic mass is 16.5. The number of rotatable bonds is 4. The van der Waals surface area contributed by atoms with Crippen LogP contribution in [0.4, 0.5) is 0 Å². The Balaban J connectivity index is 1.50. The van der Waals surface area contributed by atoms with Crippen LogP contribution in [0.25, 0.3) is 11.5 Å². The zero-order valence-corrected chi connectivity index (χ0v) is 14.9. The first kappa shape index (κ1) is 17.2. The van der Waals surface area contributed by atoms with E-state index in [0.717, 1.165) is 5.56 Å². The minimum Gasteiger partial charge on any atom is -0.497 e. The predicted octanol–water partition coefficient (Wildman–Crippen LogP) is 2.96. The summed E-state index contributed by atoms with van der Waals surface area (Å²) in [6.07, 6.45) is -0.422. The molecule has 0 N–H and O–H groups in total. The van der Waals surface area contributed by atoms with Crippen molar-refractivity contribution in [2.24, 2.45) is 0 Å². The summed E-state index contributed by atoms with van der Waals surface area (Å²) in [5.74, 6) is 1.45. The third-order valence-corrected chi connectivity index (χ3v) is 4.42. The van der Waals surface area contributed by atoms with Crippen molar-refractivity contribution in [1.29, 1.82) is 0 Å². The Hall–Kier alpha value is -3.19. The SMILES string of the molecule is COc1cccc(C(=O)N2CCO[C@H](c3noc(-c4ccccc4)n3)C2)c1. The highest BCUT2D eigenvalue weighted by Crippen LogP contribution is 2.25. The van der Waals surface area contributed by atoms with Crippen molar-refractivity contribution in [3.8, 4) is 17.2 Å². The van der Waals surface area contributed by atoms with Crippen LogP contribution in [-0.2, 0) is 4.74 Å². The Morgan fingerprint density at radius 1 is 1.19 bits per heavy atom. The van der Waals surface area contributed by atoms with E-state index in [9.17, 15) is 4.79 Å². The maximum atomic E-state index is 12.8. The van der Waals surface area contributed by atoms with Crippen LogP contribution >= 0.6 is 0 Å². The summed E-state index contributed by atoms with van der Waals surface area (Å²) < 4.78 is 16.3. The molecule has 1 amide bonds. The fourth-order valence-electron chi connectivity index (χ4n) is 2.99. The van der Waals surface area contributed by atoms with Gasteiger partial charge in [-0.3, -0.25) is 4.79 Å². The van der Waals surface area contributed by atoms with Crippen molar-refractivity contribution in [3.05, 3.63) is 66.0 Å². The molecule has 3 aromatic rings. The van der Waals surface area contributed by atoms with E-state index in [1.54, 1.807) is 30.2 Å². The standard InChI is InChI=1S/C20H19N3O4/c1-25-16-9-5-8-15(12-16)20(24)23-10-11-26-17(13-23)18-21-19(27-22-18)14-6-3-2-4-7-14/h2-9,12,17H,10-11,13H2,1H3/t17-/m0/s1. The molecule has 1 atom stereocenters. The first-order valence-corrected chi connectivity index (χ1v) is 8.68. The molecule has 2 heterocycles. The summed E-state index contributed by atoms with van der Waals surface area (Å²) in [4.78, 5) is 19.0. The number of amides is 1. The molecular weight excluding hydrogens is 346 g/mol. The number of hydrogen-bond acceptors (Lipinski definition) is 6. The average molecular weight is 365 g/mol. The lowest BCUT2D eigenvalue weighted by Crippen LogP contribution is -2.42. The normalized spacial score (nSPS) is 16.9. The lowest BCUT2D eigenvalue weighted by molar-refractivity contribution is -0.0276. The third kappa shape index (κ3) is 3.68. The van der Waals surface area contributed by atoms with Gasteiger partial charge in [-0.2, -0.15) is 4.98 Å². The highest BCUT2D eigenvalue weighted by Gasteiger charge is 2.29. The van der Waals surface area contributed by atoms with Crippen molar-refractivity contribution in [3.63, 3.8) is 0 Å². The molecule has 1 saturated heterocycles. The minimum absolute atomic E-state index is 0.0750. The van der Waals surface area contributed by atoms with E-state index in [-0.39, 0.29) is 5.91 Å². The Labute approximate surface area is 156 Å². The minimum atomic E-state index is -0.422. The number of hydrogen-bond donors (Lipinski definition) is 0. The molecule has 0 spiro atoms. The Morgan fingerprint density at radius 3 is 2.85 bits per heavy atom. The molecule has 7 heteroatoms. The lowest BCUT2D eigenvalue weighted by Gasteiger charge is -2.31. The zero-order chi connectivity index (χ0) is 18.6. The fourth-order valence-corrected chi connectivity index (χ4v) is 2.99. The van der Waals surface area contributed by atoms with Gasteiger partial charge in [0.25, 0.3) is 11.8 Å². The van der Waals surface area contributed by atoms with Gasteiger partial charge in [0.2, 0.25) is 5.82 Å². The van der Waals surface area contributed by atoms with Gasteiger partial charge in [-0.25, -0.2) is 0 Å². The van der Waals surface area contributed by atoms with Crippen LogP contribution in [0.5, 0.6) is 5.75 Å². The van der Waals surface area contributed by atoms with Gasteiger partial charge in [-0.15, -0.1) is 0 Å². The molecule has 0 unspecified atom stereocenters. The molecule has 1 aromatic heterocycles. The second-order valence-corrected chi connectivity index (χ2v) is 6.17. The molecule has 1 aliphatic rings. The molecule has 1 aliphatic heterocycles. The van der Waals surface area contributed by atoms with Gasteiger partial charge in [0, 0.05) is 17.7 Å². The lowest BCUT2D eigenvalue weighted by atomic mass is 10.1. The van der Waals surface area contributed by atoms with E-state index in [1.165, 1.54) is 0 Å². The smallest absolute Gasteiger partial charge is 0.258 e. The number of ether oxygens (including phenoxy) is 2. The zero-order valence-electron chi connectivity index (χ0n) is 14.9. The van der Waals surface area contributed by atoms with E-state index in [1.807, 2.05) is 36.4 Å². The number of benzene rings is 2. The number of methoxy groups -OCH3 is 1. The summed E-state index contributed by atoms with van der Waals surface area (Å²) in [6, 6.07) is 16.7. The van der Waals surface area contributed by atoms with Gasteiger partial charge >= 0.3 is 0 Å². The van der Waals surface area contributed by atoms with Crippen LogP contribution < -0.4 is 4.74 Å². The average Bonchev–Trinajstić information content (AvgIpc) is 3.24. The largest absolute Gasteiger partial charge is 0.497 e.